The van der Waals surface area contributed by atoms with Crippen LogP contribution in [0, 0.1) is 13.8 Å². The molecule has 1 aliphatic carbocycles. The summed E-state index contributed by atoms with van der Waals surface area (Å²) in [6.07, 6.45) is 1.18. The molecule has 0 radical (unpaired) electrons. The molecule has 0 saturated heterocycles. The fraction of sp³-hybridized carbons (Fsp3) is 0.227. The summed E-state index contributed by atoms with van der Waals surface area (Å²) in [5.41, 5.74) is 12.7. The minimum absolute atomic E-state index is 0.0968. The van der Waals surface area contributed by atoms with E-state index in [4.69, 9.17) is 5.73 Å². The van der Waals surface area contributed by atoms with Crippen LogP contribution in [-0.2, 0) is 6.42 Å². The number of rotatable bonds is 2. The third kappa shape index (κ3) is 2.77. The zero-order chi connectivity index (χ0) is 18.3. The highest BCUT2D eigenvalue weighted by atomic mass is 16.1. The number of ketones is 1. The third-order valence-electron chi connectivity index (χ3n) is 5.17. The molecule has 4 heteroatoms. The van der Waals surface area contributed by atoms with Gasteiger partial charge in [0.25, 0.3) is 0 Å². The van der Waals surface area contributed by atoms with E-state index in [2.05, 4.69) is 47.2 Å². The normalized spacial score (nSPS) is 16.4. The van der Waals surface area contributed by atoms with E-state index in [9.17, 15) is 4.79 Å². The Balaban J connectivity index is 1.81. The van der Waals surface area contributed by atoms with Crippen molar-refractivity contribution in [2.45, 2.75) is 32.6 Å². The zero-order valence-corrected chi connectivity index (χ0v) is 15.0. The Bertz CT molecular complexity index is 1010. The predicted octanol–water partition coefficient (Wildman–Crippen LogP) is 4.26. The second-order valence-corrected chi connectivity index (χ2v) is 6.92. The summed E-state index contributed by atoms with van der Waals surface area (Å²) in [7, 11) is 0. The molecule has 1 aromatic heterocycles. The number of Topliss-reactive ketones (excluding diaryl/α,β-unsaturated/α-hetero) is 1. The molecule has 1 heterocycles. The minimum atomic E-state index is 0.0968. The first-order chi connectivity index (χ1) is 12.5. The van der Waals surface area contributed by atoms with Gasteiger partial charge in [0.15, 0.2) is 5.78 Å². The lowest BCUT2D eigenvalue weighted by molar-refractivity contribution is 0.0962. The molecule has 3 aromatic rings. The number of fused-ring (bicyclic) bond motifs is 1. The summed E-state index contributed by atoms with van der Waals surface area (Å²) in [5.74, 6) is 0.440. The molecule has 1 unspecified atom stereocenters. The first-order valence-corrected chi connectivity index (χ1v) is 8.85. The molecule has 130 valence electrons. The van der Waals surface area contributed by atoms with Crippen LogP contribution in [0.25, 0.3) is 11.1 Å². The first-order valence-electron chi connectivity index (χ1n) is 8.85. The van der Waals surface area contributed by atoms with Crippen molar-refractivity contribution in [1.82, 2.24) is 9.97 Å². The molecule has 26 heavy (non-hydrogen) atoms. The summed E-state index contributed by atoms with van der Waals surface area (Å²) < 4.78 is 0. The van der Waals surface area contributed by atoms with Gasteiger partial charge in [0.2, 0.25) is 5.95 Å². The van der Waals surface area contributed by atoms with Crippen molar-refractivity contribution in [3.05, 3.63) is 76.6 Å². The summed E-state index contributed by atoms with van der Waals surface area (Å²) in [6.45, 7) is 3.95. The van der Waals surface area contributed by atoms with Crippen LogP contribution in [0.2, 0.25) is 0 Å². The average Bonchev–Trinajstić information content (AvgIpc) is 2.61. The lowest BCUT2D eigenvalue weighted by Gasteiger charge is -2.26. The van der Waals surface area contributed by atoms with Crippen LogP contribution in [0.5, 0.6) is 0 Å². The number of aromatic nitrogens is 2. The van der Waals surface area contributed by atoms with Gasteiger partial charge >= 0.3 is 0 Å². The van der Waals surface area contributed by atoms with Crippen LogP contribution >= 0.6 is 0 Å². The smallest absolute Gasteiger partial charge is 0.220 e. The van der Waals surface area contributed by atoms with E-state index in [1.165, 1.54) is 22.3 Å². The number of aryl methyl sites for hydroxylation is 2. The molecule has 0 bridgehead atoms. The number of carbonyl (C=O) groups excluding carboxylic acids is 1. The van der Waals surface area contributed by atoms with Crippen LogP contribution in [0.15, 0.2) is 48.5 Å². The lowest BCUT2D eigenvalue weighted by atomic mass is 9.78. The molecule has 0 fully saturated rings. The number of nitrogens with zero attached hydrogens (tertiary/aromatic N) is 2. The van der Waals surface area contributed by atoms with Crippen molar-refractivity contribution < 1.29 is 4.79 Å². The van der Waals surface area contributed by atoms with Crippen molar-refractivity contribution >= 4 is 11.7 Å². The van der Waals surface area contributed by atoms with Gasteiger partial charge in [-0.1, -0.05) is 48.5 Å². The monoisotopic (exact) mass is 343 g/mol. The zero-order valence-electron chi connectivity index (χ0n) is 15.0. The van der Waals surface area contributed by atoms with Crippen molar-refractivity contribution in [3.63, 3.8) is 0 Å². The van der Waals surface area contributed by atoms with Crippen LogP contribution in [0.1, 0.15) is 45.2 Å². The Hall–Kier alpha value is -3.01. The fourth-order valence-electron chi connectivity index (χ4n) is 3.99. The summed E-state index contributed by atoms with van der Waals surface area (Å²) in [4.78, 5) is 21.3. The fourth-order valence-corrected chi connectivity index (χ4v) is 3.99. The van der Waals surface area contributed by atoms with E-state index in [-0.39, 0.29) is 17.6 Å². The number of benzene rings is 2. The second kappa shape index (κ2) is 6.37. The molecule has 4 nitrogen and oxygen atoms in total. The standard InChI is InChI=1S/C22H21N3O/c1-13-7-3-4-8-16(13)18-10-6-5-9-17(18)15-11-19-21(20(26)12-15)14(2)24-22(23)25-19/h3-10,15H,11-12H2,1-2H3,(H2,23,24,25). The molecule has 0 spiro atoms. The van der Waals surface area contributed by atoms with E-state index >= 15 is 0 Å². The number of hydrogen-bond acceptors (Lipinski definition) is 4. The van der Waals surface area contributed by atoms with Gasteiger partial charge < -0.3 is 5.73 Å². The van der Waals surface area contributed by atoms with Crippen molar-refractivity contribution in [2.24, 2.45) is 0 Å². The molecule has 1 aliphatic rings. The van der Waals surface area contributed by atoms with E-state index in [0.29, 0.717) is 24.1 Å². The Morgan fingerprint density at radius 3 is 2.38 bits per heavy atom. The van der Waals surface area contributed by atoms with Crippen LogP contribution in [0.3, 0.4) is 0 Å². The molecule has 4 rings (SSSR count). The largest absolute Gasteiger partial charge is 0.368 e. The quantitative estimate of drug-likeness (QED) is 0.755. The molecule has 0 aliphatic heterocycles. The number of nitrogen functional groups attached to an aromatic ring is 1. The Morgan fingerprint density at radius 1 is 0.923 bits per heavy atom. The SMILES string of the molecule is Cc1ccccc1-c1ccccc1C1CC(=O)c2c(C)nc(N)nc2C1. The molecular weight excluding hydrogens is 322 g/mol. The maximum absolute atomic E-state index is 12.8. The van der Waals surface area contributed by atoms with Crippen molar-refractivity contribution in [2.75, 3.05) is 5.73 Å². The van der Waals surface area contributed by atoms with Gasteiger partial charge in [-0.05, 0) is 48.4 Å². The first kappa shape index (κ1) is 16.5. The summed E-state index contributed by atoms with van der Waals surface area (Å²) in [5, 5.41) is 0. The van der Waals surface area contributed by atoms with Gasteiger partial charge in [-0.25, -0.2) is 9.97 Å². The number of nitrogens with two attached hydrogens (primary N) is 1. The number of anilines is 1. The average molecular weight is 343 g/mol. The molecule has 1 atom stereocenters. The Kier molecular flexibility index (Phi) is 4.03. The van der Waals surface area contributed by atoms with Crippen LogP contribution < -0.4 is 5.73 Å². The summed E-state index contributed by atoms with van der Waals surface area (Å²) >= 11 is 0. The predicted molar refractivity (Wildman–Crippen MR) is 103 cm³/mol. The topological polar surface area (TPSA) is 68.9 Å². The third-order valence-corrected chi connectivity index (χ3v) is 5.17. The highest BCUT2D eigenvalue weighted by molar-refractivity contribution is 6.00. The minimum Gasteiger partial charge on any atom is -0.368 e. The molecular formula is C22H21N3O. The highest BCUT2D eigenvalue weighted by Gasteiger charge is 2.30. The molecule has 2 N–H and O–H groups in total. The van der Waals surface area contributed by atoms with Gasteiger partial charge in [0, 0.05) is 6.42 Å². The van der Waals surface area contributed by atoms with Gasteiger partial charge in [0.05, 0.1) is 17.0 Å². The number of hydrogen-bond donors (Lipinski definition) is 1. The Labute approximate surface area is 153 Å². The van der Waals surface area contributed by atoms with E-state index in [0.717, 1.165) is 5.69 Å². The van der Waals surface area contributed by atoms with Gasteiger partial charge in [0.1, 0.15) is 0 Å². The highest BCUT2D eigenvalue weighted by Crippen LogP contribution is 2.38. The maximum Gasteiger partial charge on any atom is 0.220 e. The molecule has 2 aromatic carbocycles. The van der Waals surface area contributed by atoms with E-state index < -0.39 is 0 Å². The lowest BCUT2D eigenvalue weighted by Crippen LogP contribution is -2.23. The van der Waals surface area contributed by atoms with Crippen LogP contribution in [0.4, 0.5) is 5.95 Å². The maximum atomic E-state index is 12.8. The second-order valence-electron chi connectivity index (χ2n) is 6.92. The van der Waals surface area contributed by atoms with Gasteiger partial charge in [-0.2, -0.15) is 0 Å². The van der Waals surface area contributed by atoms with Crippen molar-refractivity contribution in [1.29, 1.82) is 0 Å². The molecule has 0 amide bonds. The van der Waals surface area contributed by atoms with Gasteiger partial charge in [-0.15, -0.1) is 0 Å². The van der Waals surface area contributed by atoms with E-state index in [1.807, 2.05) is 25.1 Å². The Morgan fingerprint density at radius 2 is 1.62 bits per heavy atom. The van der Waals surface area contributed by atoms with E-state index in [1.54, 1.807) is 0 Å². The van der Waals surface area contributed by atoms with Crippen molar-refractivity contribution in [3.8, 4) is 11.1 Å². The molecule has 0 saturated carbocycles. The van der Waals surface area contributed by atoms with Gasteiger partial charge in [-0.3, -0.25) is 4.79 Å². The number of carbonyl (C=O) groups is 1. The van der Waals surface area contributed by atoms with Crippen LogP contribution in [-0.4, -0.2) is 15.8 Å². The summed E-state index contributed by atoms with van der Waals surface area (Å²) in [6, 6.07) is 16.7.